The van der Waals surface area contributed by atoms with Crippen molar-refractivity contribution in [3.05, 3.63) is 99.0 Å². The number of imidazole rings is 1. The van der Waals surface area contributed by atoms with Crippen LogP contribution in [-0.2, 0) is 6.54 Å². The maximum absolute atomic E-state index is 13.3. The molecular formula is C30H28ClN5O2S. The predicted molar refractivity (Wildman–Crippen MR) is 153 cm³/mol. The van der Waals surface area contributed by atoms with E-state index in [-0.39, 0.29) is 5.91 Å². The van der Waals surface area contributed by atoms with Crippen LogP contribution in [0.1, 0.15) is 51.3 Å². The Bertz CT molecular complexity index is 1600. The Morgan fingerprint density at radius 1 is 1.08 bits per heavy atom. The van der Waals surface area contributed by atoms with Gasteiger partial charge in [0, 0.05) is 47.2 Å². The van der Waals surface area contributed by atoms with Crippen LogP contribution >= 0.6 is 22.9 Å². The Morgan fingerprint density at radius 3 is 2.56 bits per heavy atom. The number of benzene rings is 2. The number of piperidine rings is 1. The Balaban J connectivity index is 1.12. The van der Waals surface area contributed by atoms with Crippen molar-refractivity contribution < 1.29 is 9.32 Å². The zero-order valence-electron chi connectivity index (χ0n) is 21.8. The summed E-state index contributed by atoms with van der Waals surface area (Å²) in [5, 5.41) is 8.21. The fourth-order valence-corrected chi connectivity index (χ4v) is 6.24. The van der Waals surface area contributed by atoms with E-state index in [4.69, 9.17) is 21.1 Å². The van der Waals surface area contributed by atoms with Crippen LogP contribution in [0.25, 0.3) is 22.5 Å². The van der Waals surface area contributed by atoms with Crippen molar-refractivity contribution in [1.29, 1.82) is 0 Å². The van der Waals surface area contributed by atoms with Crippen molar-refractivity contribution in [2.24, 2.45) is 0 Å². The average Bonchev–Trinajstić information content (AvgIpc) is 3.69. The van der Waals surface area contributed by atoms with Gasteiger partial charge >= 0.3 is 0 Å². The van der Waals surface area contributed by atoms with Crippen LogP contribution in [0.2, 0.25) is 5.02 Å². The van der Waals surface area contributed by atoms with Gasteiger partial charge in [0.1, 0.15) is 17.1 Å². The van der Waals surface area contributed by atoms with E-state index in [1.165, 1.54) is 0 Å². The number of hydrogen-bond acceptors (Lipinski definition) is 6. The lowest BCUT2D eigenvalue weighted by atomic mass is 9.97. The van der Waals surface area contributed by atoms with Gasteiger partial charge < -0.3 is 14.0 Å². The molecule has 1 aliphatic rings. The van der Waals surface area contributed by atoms with Crippen molar-refractivity contribution in [2.75, 3.05) is 13.1 Å². The minimum absolute atomic E-state index is 0.00627. The summed E-state index contributed by atoms with van der Waals surface area (Å²) in [5.74, 6) is 1.07. The molecule has 4 heterocycles. The van der Waals surface area contributed by atoms with Crippen LogP contribution in [0, 0.1) is 13.8 Å². The summed E-state index contributed by atoms with van der Waals surface area (Å²) in [6, 6.07) is 17.8. The minimum atomic E-state index is -0.00627. The molecule has 1 amide bonds. The number of nitrogens with zero attached hydrogens (tertiary/aromatic N) is 5. The second-order valence-corrected chi connectivity index (χ2v) is 11.2. The third-order valence-corrected chi connectivity index (χ3v) is 8.65. The number of halogens is 1. The van der Waals surface area contributed by atoms with Crippen LogP contribution in [0.4, 0.5) is 0 Å². The Morgan fingerprint density at radius 2 is 1.82 bits per heavy atom. The molecule has 0 radical (unpaired) electrons. The van der Waals surface area contributed by atoms with Crippen LogP contribution < -0.4 is 0 Å². The van der Waals surface area contributed by atoms with Gasteiger partial charge in [-0.05, 0) is 44.4 Å². The third-order valence-electron chi connectivity index (χ3n) is 7.39. The summed E-state index contributed by atoms with van der Waals surface area (Å²) in [4.78, 5) is 24.7. The van der Waals surface area contributed by atoms with Gasteiger partial charge in [-0.3, -0.25) is 4.79 Å². The van der Waals surface area contributed by atoms with Gasteiger partial charge in [-0.2, -0.15) is 0 Å². The summed E-state index contributed by atoms with van der Waals surface area (Å²) in [6.45, 7) is 5.90. The van der Waals surface area contributed by atoms with E-state index >= 15 is 0 Å². The number of amides is 1. The molecule has 198 valence electrons. The maximum atomic E-state index is 13.3. The Kier molecular flexibility index (Phi) is 7.06. The monoisotopic (exact) mass is 557 g/mol. The molecule has 1 aliphatic heterocycles. The first kappa shape index (κ1) is 25.5. The van der Waals surface area contributed by atoms with Crippen LogP contribution in [0.15, 0.2) is 70.8 Å². The van der Waals surface area contributed by atoms with Gasteiger partial charge in [-0.25, -0.2) is 9.97 Å². The fraction of sp³-hybridized carbons (Fsp3) is 0.267. The maximum Gasteiger partial charge on any atom is 0.274 e. The number of rotatable bonds is 6. The van der Waals surface area contributed by atoms with Crippen molar-refractivity contribution in [3.63, 3.8) is 0 Å². The number of aryl methyl sites for hydroxylation is 1. The SMILES string of the molecule is Cc1onc(-c2ccccc2)c1-c1csc(C2CCN(C(=O)c3ncn(Cc4ccc(Cl)cc4)c3C)CC2)n1. The molecule has 6 rings (SSSR count). The molecule has 0 atom stereocenters. The first-order chi connectivity index (χ1) is 19.0. The highest BCUT2D eigenvalue weighted by molar-refractivity contribution is 7.10. The highest BCUT2D eigenvalue weighted by atomic mass is 35.5. The molecule has 0 aliphatic carbocycles. The number of aromatic nitrogens is 4. The third kappa shape index (κ3) is 5.14. The van der Waals surface area contributed by atoms with Crippen LogP contribution in [0.3, 0.4) is 0 Å². The summed E-state index contributed by atoms with van der Waals surface area (Å²) in [7, 11) is 0. The fourth-order valence-electron chi connectivity index (χ4n) is 5.14. The van der Waals surface area contributed by atoms with E-state index in [0.29, 0.717) is 36.3 Å². The van der Waals surface area contributed by atoms with E-state index in [1.54, 1.807) is 17.7 Å². The molecule has 0 saturated carbocycles. The van der Waals surface area contributed by atoms with E-state index in [2.05, 4.69) is 15.5 Å². The number of carbonyl (C=O) groups is 1. The molecular weight excluding hydrogens is 530 g/mol. The minimum Gasteiger partial charge on any atom is -0.360 e. The van der Waals surface area contributed by atoms with Crippen molar-refractivity contribution in [1.82, 2.24) is 24.6 Å². The Hall–Kier alpha value is -3.75. The average molecular weight is 558 g/mol. The molecule has 5 aromatic rings. The number of likely N-dealkylation sites (tertiary alicyclic amines) is 1. The van der Waals surface area contributed by atoms with E-state index in [9.17, 15) is 4.79 Å². The second kappa shape index (κ2) is 10.8. The van der Waals surface area contributed by atoms with Crippen LogP contribution in [0.5, 0.6) is 0 Å². The summed E-state index contributed by atoms with van der Waals surface area (Å²) in [6.07, 6.45) is 3.49. The normalized spacial score (nSPS) is 14.2. The number of hydrogen-bond donors (Lipinski definition) is 0. The van der Waals surface area contributed by atoms with Gasteiger partial charge in [0.2, 0.25) is 0 Å². The lowest BCUT2D eigenvalue weighted by Gasteiger charge is -2.30. The van der Waals surface area contributed by atoms with Crippen molar-refractivity contribution in [3.8, 4) is 22.5 Å². The molecule has 0 spiro atoms. The van der Waals surface area contributed by atoms with Crippen molar-refractivity contribution >= 4 is 28.8 Å². The highest BCUT2D eigenvalue weighted by Gasteiger charge is 2.29. The topological polar surface area (TPSA) is 77.0 Å². The molecule has 1 fully saturated rings. The lowest BCUT2D eigenvalue weighted by molar-refractivity contribution is 0.0706. The largest absolute Gasteiger partial charge is 0.360 e. The van der Waals surface area contributed by atoms with E-state index in [1.807, 2.05) is 77.9 Å². The Labute approximate surface area is 236 Å². The first-order valence-corrected chi connectivity index (χ1v) is 14.3. The molecule has 39 heavy (non-hydrogen) atoms. The molecule has 7 nitrogen and oxygen atoms in total. The second-order valence-electron chi connectivity index (χ2n) is 9.90. The molecule has 1 saturated heterocycles. The molecule has 0 N–H and O–H groups in total. The zero-order valence-corrected chi connectivity index (χ0v) is 23.4. The molecule has 9 heteroatoms. The number of carbonyl (C=O) groups excluding carboxylic acids is 1. The van der Waals surface area contributed by atoms with Gasteiger partial charge in [0.25, 0.3) is 5.91 Å². The smallest absolute Gasteiger partial charge is 0.274 e. The number of thiazole rings is 1. The van der Waals surface area contributed by atoms with Gasteiger partial charge in [-0.15, -0.1) is 11.3 Å². The molecule has 0 bridgehead atoms. The molecule has 0 unspecified atom stereocenters. The van der Waals surface area contributed by atoms with Gasteiger partial charge in [0.05, 0.1) is 22.6 Å². The first-order valence-electron chi connectivity index (χ1n) is 13.0. The highest BCUT2D eigenvalue weighted by Crippen LogP contribution is 2.38. The summed E-state index contributed by atoms with van der Waals surface area (Å²) < 4.78 is 7.56. The van der Waals surface area contributed by atoms with Gasteiger partial charge in [-0.1, -0.05) is 59.2 Å². The zero-order chi connectivity index (χ0) is 26.9. The quantitative estimate of drug-likeness (QED) is 0.225. The summed E-state index contributed by atoms with van der Waals surface area (Å²) in [5.41, 5.74) is 6.18. The molecule has 2 aromatic carbocycles. The van der Waals surface area contributed by atoms with E-state index < -0.39 is 0 Å². The van der Waals surface area contributed by atoms with Gasteiger partial charge in [0.15, 0.2) is 0 Å². The lowest BCUT2D eigenvalue weighted by Crippen LogP contribution is -2.38. The van der Waals surface area contributed by atoms with Crippen LogP contribution in [-0.4, -0.2) is 43.6 Å². The summed E-state index contributed by atoms with van der Waals surface area (Å²) >= 11 is 7.68. The standard InChI is InChI=1S/C30H28ClN5O2S/c1-19-27(32-18-36(19)16-21-8-10-24(31)11-9-21)30(37)35-14-12-23(13-15-35)29-33-25(17-39-29)26-20(2)38-34-28(26)22-6-4-3-5-7-22/h3-11,17-18,23H,12-16H2,1-2H3. The molecule has 3 aromatic heterocycles. The van der Waals surface area contributed by atoms with E-state index in [0.717, 1.165) is 57.4 Å². The van der Waals surface area contributed by atoms with Crippen molar-refractivity contribution in [2.45, 2.75) is 39.2 Å². The predicted octanol–water partition coefficient (Wildman–Crippen LogP) is 7.00.